The lowest BCUT2D eigenvalue weighted by atomic mass is 9.95. The van der Waals surface area contributed by atoms with E-state index in [1.807, 2.05) is 60.7 Å². The summed E-state index contributed by atoms with van der Waals surface area (Å²) < 4.78 is 41.1. The number of nitrogens with zero attached hydrogens (tertiary/aromatic N) is 2. The van der Waals surface area contributed by atoms with Gasteiger partial charge in [0, 0.05) is 31.1 Å². The van der Waals surface area contributed by atoms with Gasteiger partial charge in [-0.25, -0.2) is 0 Å². The predicted octanol–water partition coefficient (Wildman–Crippen LogP) is 6.06. The maximum absolute atomic E-state index is 14.8. The van der Waals surface area contributed by atoms with Gasteiger partial charge in [0.25, 0.3) is 6.47 Å². The fraction of sp³-hybridized carbons (Fsp3) is 0.148. The molecule has 0 fully saturated rings. The summed E-state index contributed by atoms with van der Waals surface area (Å²) in [7, 11) is 2.72. The number of carbonyl (C=O) groups is 1. The van der Waals surface area contributed by atoms with Gasteiger partial charge in [0.15, 0.2) is 0 Å². The average Bonchev–Trinajstić information content (AvgIpc) is 3.02. The predicted molar refractivity (Wildman–Crippen MR) is 129 cm³/mol. The Morgan fingerprint density at radius 2 is 1.41 bits per heavy atom. The quantitative estimate of drug-likeness (QED) is 0.259. The minimum Gasteiger partial charge on any atom is -0.488 e. The molecule has 0 saturated carbocycles. The van der Waals surface area contributed by atoms with E-state index in [0.29, 0.717) is 39.9 Å². The van der Waals surface area contributed by atoms with Crippen molar-refractivity contribution in [3.63, 3.8) is 0 Å². The van der Waals surface area contributed by atoms with Crippen LogP contribution in [0.1, 0.15) is 5.56 Å². The van der Waals surface area contributed by atoms with Crippen molar-refractivity contribution in [1.29, 1.82) is 0 Å². The van der Waals surface area contributed by atoms with Crippen LogP contribution in [0.5, 0.6) is 11.5 Å². The van der Waals surface area contributed by atoms with Crippen LogP contribution in [0.2, 0.25) is 0 Å². The Morgan fingerprint density at radius 1 is 0.824 bits per heavy atom. The molecular weight excluding hydrogens is 438 g/mol. The van der Waals surface area contributed by atoms with Crippen molar-refractivity contribution < 1.29 is 23.0 Å². The first-order chi connectivity index (χ1) is 16.4. The summed E-state index contributed by atoms with van der Waals surface area (Å²) in [6.45, 7) is 0.625. The molecule has 7 heteroatoms. The van der Waals surface area contributed by atoms with Gasteiger partial charge in [0.1, 0.15) is 18.1 Å². The molecule has 1 heterocycles. The smallest absolute Gasteiger partial charge is 0.413 e. The van der Waals surface area contributed by atoms with E-state index in [4.69, 9.17) is 9.47 Å². The minimum absolute atomic E-state index is 0.268. The summed E-state index contributed by atoms with van der Waals surface area (Å²) in [5.74, 6) is 0.724. The van der Waals surface area contributed by atoms with E-state index < -0.39 is 6.17 Å². The number of hydrogen-bond donors (Lipinski definition) is 0. The lowest BCUT2D eigenvalue weighted by molar-refractivity contribution is -0.120. The van der Waals surface area contributed by atoms with Gasteiger partial charge in [-0.1, -0.05) is 60.7 Å². The first-order valence-electron chi connectivity index (χ1n) is 10.7. The standard InChI is InChI=1S/C27H22F2N2O3/c1-30-22-13-20-21(14-23(22)31(2)27(30,28)29)26(19-11-7-4-8-12-19)25(34-17-32)15-24(20)33-16-18-9-5-3-6-10-18/h3-15,17H,16H2,1-2H3. The van der Waals surface area contributed by atoms with Crippen LogP contribution in [0.15, 0.2) is 78.9 Å². The van der Waals surface area contributed by atoms with Gasteiger partial charge in [-0.3, -0.25) is 14.6 Å². The number of rotatable bonds is 6. The molecular formula is C27H22F2N2O3. The zero-order chi connectivity index (χ0) is 23.9. The second-order valence-corrected chi connectivity index (χ2v) is 8.12. The Morgan fingerprint density at radius 3 is 2.03 bits per heavy atom. The lowest BCUT2D eigenvalue weighted by Crippen LogP contribution is -2.46. The van der Waals surface area contributed by atoms with Crippen molar-refractivity contribution in [3.8, 4) is 22.6 Å². The number of anilines is 2. The van der Waals surface area contributed by atoms with Crippen LogP contribution >= 0.6 is 0 Å². The van der Waals surface area contributed by atoms with Crippen LogP contribution in [0.3, 0.4) is 0 Å². The monoisotopic (exact) mass is 460 g/mol. The summed E-state index contributed by atoms with van der Waals surface area (Å²) in [4.78, 5) is 13.3. The summed E-state index contributed by atoms with van der Waals surface area (Å²) in [5.41, 5.74) is 3.12. The van der Waals surface area contributed by atoms with Gasteiger partial charge >= 0.3 is 6.17 Å². The summed E-state index contributed by atoms with van der Waals surface area (Å²) in [6, 6.07) is 24.1. The average molecular weight is 460 g/mol. The number of alkyl halides is 2. The summed E-state index contributed by atoms with van der Waals surface area (Å²) in [6.07, 6.45) is -3.18. The van der Waals surface area contributed by atoms with Gasteiger partial charge in [-0.05, 0) is 28.6 Å². The Kier molecular flexibility index (Phi) is 5.32. The van der Waals surface area contributed by atoms with Gasteiger partial charge in [-0.15, -0.1) is 0 Å². The van der Waals surface area contributed by atoms with Crippen molar-refractivity contribution in [2.75, 3.05) is 23.9 Å². The molecule has 0 amide bonds. The molecule has 0 spiro atoms. The topological polar surface area (TPSA) is 42.0 Å². The fourth-order valence-electron chi connectivity index (χ4n) is 4.34. The number of ether oxygens (including phenoxy) is 2. The van der Waals surface area contributed by atoms with Crippen molar-refractivity contribution in [2.24, 2.45) is 0 Å². The number of hydrogen-bond acceptors (Lipinski definition) is 5. The Balaban J connectivity index is 1.76. The maximum atomic E-state index is 14.8. The molecule has 5 nitrogen and oxygen atoms in total. The minimum atomic E-state index is -3.18. The van der Waals surface area contributed by atoms with Gasteiger partial charge in [0.2, 0.25) is 0 Å². The van der Waals surface area contributed by atoms with Gasteiger partial charge in [-0.2, -0.15) is 8.78 Å². The lowest BCUT2D eigenvalue weighted by Gasteiger charge is -2.26. The Bertz CT molecular complexity index is 1360. The first kappa shape index (κ1) is 21.7. The van der Waals surface area contributed by atoms with E-state index in [2.05, 4.69) is 0 Å². The van der Waals surface area contributed by atoms with Gasteiger partial charge in [0.05, 0.1) is 11.4 Å². The fourth-order valence-corrected chi connectivity index (χ4v) is 4.34. The van der Waals surface area contributed by atoms with E-state index in [1.54, 1.807) is 18.2 Å². The molecule has 4 aromatic rings. The van der Waals surface area contributed by atoms with E-state index in [1.165, 1.54) is 14.1 Å². The highest BCUT2D eigenvalue weighted by Crippen LogP contribution is 2.51. The number of fused-ring (bicyclic) bond motifs is 2. The highest BCUT2D eigenvalue weighted by molar-refractivity contribution is 6.08. The normalized spacial score (nSPS) is 14.2. The Hall–Kier alpha value is -4.13. The highest BCUT2D eigenvalue weighted by atomic mass is 19.3. The van der Waals surface area contributed by atoms with Crippen molar-refractivity contribution in [2.45, 2.75) is 12.8 Å². The molecule has 34 heavy (non-hydrogen) atoms. The molecule has 172 valence electrons. The Labute approximate surface area is 195 Å². The molecule has 0 bridgehead atoms. The second-order valence-electron chi connectivity index (χ2n) is 8.12. The number of carbonyl (C=O) groups excluding carboxylic acids is 1. The van der Waals surface area contributed by atoms with Gasteiger partial charge < -0.3 is 9.47 Å². The third-order valence-corrected chi connectivity index (χ3v) is 6.16. The van der Waals surface area contributed by atoms with E-state index in [0.717, 1.165) is 20.9 Å². The molecule has 0 saturated heterocycles. The van der Waals surface area contributed by atoms with Crippen molar-refractivity contribution in [1.82, 2.24) is 0 Å². The molecule has 0 unspecified atom stereocenters. The largest absolute Gasteiger partial charge is 0.488 e. The first-order valence-corrected chi connectivity index (χ1v) is 10.7. The van der Waals surface area contributed by atoms with Crippen LogP contribution < -0.4 is 19.3 Å². The second kappa shape index (κ2) is 8.33. The molecule has 1 aliphatic heterocycles. The molecule has 0 N–H and O–H groups in total. The number of halogens is 2. The third-order valence-electron chi connectivity index (χ3n) is 6.16. The van der Waals surface area contributed by atoms with Crippen LogP contribution in [-0.4, -0.2) is 26.7 Å². The zero-order valence-corrected chi connectivity index (χ0v) is 18.7. The molecule has 0 aliphatic carbocycles. The highest BCUT2D eigenvalue weighted by Gasteiger charge is 2.48. The van der Waals surface area contributed by atoms with Crippen LogP contribution in [-0.2, 0) is 11.4 Å². The SMILES string of the molecule is CN1c2cc3c(OCc4ccccc4)cc(OC=O)c(-c4ccccc4)c3cc2N(C)C1(F)F. The maximum Gasteiger partial charge on any atom is 0.413 e. The molecule has 0 radical (unpaired) electrons. The molecule has 0 atom stereocenters. The van der Waals surface area contributed by atoms with Crippen LogP contribution in [0, 0.1) is 0 Å². The van der Waals surface area contributed by atoms with E-state index in [-0.39, 0.29) is 12.4 Å². The van der Waals surface area contributed by atoms with E-state index >= 15 is 0 Å². The molecule has 5 rings (SSSR count). The summed E-state index contributed by atoms with van der Waals surface area (Å²) >= 11 is 0. The summed E-state index contributed by atoms with van der Waals surface area (Å²) in [5, 5.41) is 1.29. The van der Waals surface area contributed by atoms with Crippen molar-refractivity contribution >= 4 is 28.6 Å². The van der Waals surface area contributed by atoms with Crippen molar-refractivity contribution in [3.05, 3.63) is 84.4 Å². The molecule has 0 aromatic heterocycles. The molecule has 4 aromatic carbocycles. The number of benzene rings is 4. The zero-order valence-electron chi connectivity index (χ0n) is 18.7. The third kappa shape index (κ3) is 3.50. The molecule has 1 aliphatic rings. The van der Waals surface area contributed by atoms with Crippen LogP contribution in [0.4, 0.5) is 20.2 Å². The van der Waals surface area contributed by atoms with Crippen LogP contribution in [0.25, 0.3) is 21.9 Å². The van der Waals surface area contributed by atoms with E-state index in [9.17, 15) is 13.6 Å².